The highest BCUT2D eigenvalue weighted by molar-refractivity contribution is 7.99. The van der Waals surface area contributed by atoms with E-state index in [9.17, 15) is 9.59 Å². The van der Waals surface area contributed by atoms with Crippen LogP contribution in [0.25, 0.3) is 11.4 Å². The van der Waals surface area contributed by atoms with E-state index < -0.39 is 0 Å². The average molecular weight is 401 g/mol. The molecule has 0 amide bonds. The zero-order chi connectivity index (χ0) is 20.1. The number of carbonyl (C=O) groups excluding carboxylic acids is 1. The molecule has 0 saturated heterocycles. The second kappa shape index (κ2) is 9.01. The van der Waals surface area contributed by atoms with Gasteiger partial charge in [-0.15, -0.1) is 5.10 Å². The number of nitrogens with zero attached hydrogens (tertiary/aromatic N) is 6. The minimum Gasteiger partial charge on any atom is -0.300 e. The van der Waals surface area contributed by atoms with Crippen LogP contribution in [0.3, 0.4) is 0 Å². The summed E-state index contributed by atoms with van der Waals surface area (Å²) in [4.78, 5) is 24.1. The lowest BCUT2D eigenvalue weighted by Crippen LogP contribution is -2.22. The fraction of sp³-hybridized carbons (Fsp3) is 0.421. The SMILES string of the molecule is CC(=O)CCCCCSc1nnnn1-c1c(C)n(C)n(-c2ccccc2)c1=O. The van der Waals surface area contributed by atoms with Crippen LogP contribution in [-0.2, 0) is 11.8 Å². The number of aromatic nitrogens is 6. The number of carbonyl (C=O) groups is 1. The maximum absolute atomic E-state index is 13.1. The van der Waals surface area contributed by atoms with Crippen molar-refractivity contribution in [3.05, 3.63) is 46.4 Å². The van der Waals surface area contributed by atoms with Crippen molar-refractivity contribution in [2.75, 3.05) is 5.75 Å². The number of Topliss-reactive ketones (excluding diaryl/α,β-unsaturated/α-hetero) is 1. The fourth-order valence-corrected chi connectivity index (χ4v) is 3.90. The Hall–Kier alpha value is -2.68. The van der Waals surface area contributed by atoms with Gasteiger partial charge in [-0.1, -0.05) is 36.4 Å². The van der Waals surface area contributed by atoms with Crippen LogP contribution in [0.5, 0.6) is 0 Å². The Bertz CT molecular complexity index is 1010. The largest absolute Gasteiger partial charge is 0.300 e. The number of hydrogen-bond acceptors (Lipinski definition) is 6. The fourth-order valence-electron chi connectivity index (χ4n) is 3.02. The molecule has 2 aromatic heterocycles. The van der Waals surface area contributed by atoms with Crippen LogP contribution in [0.1, 0.15) is 38.3 Å². The maximum atomic E-state index is 13.1. The monoisotopic (exact) mass is 400 g/mol. The molecule has 0 spiro atoms. The van der Waals surface area contributed by atoms with E-state index in [1.54, 1.807) is 11.6 Å². The standard InChI is InChI=1S/C19H24N6O2S/c1-14(26)10-6-5-9-13-28-19-20-21-22-24(19)17-15(2)23(3)25(18(17)27)16-11-7-4-8-12-16/h4,7-8,11-12H,5-6,9-10,13H2,1-3H3. The van der Waals surface area contributed by atoms with Gasteiger partial charge in [-0.25, -0.2) is 4.68 Å². The van der Waals surface area contributed by atoms with Gasteiger partial charge >= 0.3 is 0 Å². The summed E-state index contributed by atoms with van der Waals surface area (Å²) in [6.45, 7) is 3.50. The van der Waals surface area contributed by atoms with Gasteiger partial charge in [0, 0.05) is 19.2 Å². The molecule has 28 heavy (non-hydrogen) atoms. The number of hydrogen-bond donors (Lipinski definition) is 0. The second-order valence-corrected chi connectivity index (χ2v) is 7.71. The Labute approximate surface area is 167 Å². The molecule has 148 valence electrons. The van der Waals surface area contributed by atoms with Crippen molar-refractivity contribution in [3.63, 3.8) is 0 Å². The van der Waals surface area contributed by atoms with Gasteiger partial charge in [0.2, 0.25) is 5.16 Å². The van der Waals surface area contributed by atoms with Crippen molar-refractivity contribution in [3.8, 4) is 11.4 Å². The topological polar surface area (TPSA) is 87.6 Å². The first-order valence-electron chi connectivity index (χ1n) is 9.25. The van der Waals surface area contributed by atoms with Crippen LogP contribution in [0.15, 0.2) is 40.3 Å². The van der Waals surface area contributed by atoms with Gasteiger partial charge in [0.25, 0.3) is 5.56 Å². The molecule has 0 aliphatic heterocycles. The normalized spacial score (nSPS) is 11.1. The molecule has 0 saturated carbocycles. The minimum absolute atomic E-state index is 0.165. The van der Waals surface area contributed by atoms with E-state index in [4.69, 9.17) is 0 Å². The number of ketones is 1. The molecular weight excluding hydrogens is 376 g/mol. The molecule has 8 nitrogen and oxygen atoms in total. The van der Waals surface area contributed by atoms with E-state index in [1.807, 2.05) is 49.0 Å². The molecule has 2 heterocycles. The number of tetrazole rings is 1. The van der Waals surface area contributed by atoms with E-state index in [1.165, 1.54) is 16.4 Å². The summed E-state index contributed by atoms with van der Waals surface area (Å²) in [5.41, 5.74) is 1.86. The molecule has 0 radical (unpaired) electrons. The molecule has 1 aromatic carbocycles. The summed E-state index contributed by atoms with van der Waals surface area (Å²) in [5, 5.41) is 12.5. The Morgan fingerprint density at radius 1 is 1.14 bits per heavy atom. The number of unbranched alkanes of at least 4 members (excludes halogenated alkanes) is 2. The summed E-state index contributed by atoms with van der Waals surface area (Å²) < 4.78 is 4.95. The minimum atomic E-state index is -0.165. The number of thioether (sulfide) groups is 1. The van der Waals surface area contributed by atoms with Crippen molar-refractivity contribution < 1.29 is 4.79 Å². The van der Waals surface area contributed by atoms with Crippen molar-refractivity contribution in [1.82, 2.24) is 29.6 Å². The van der Waals surface area contributed by atoms with Gasteiger partial charge in [0.1, 0.15) is 5.78 Å². The quantitative estimate of drug-likeness (QED) is 0.405. The first-order valence-corrected chi connectivity index (χ1v) is 10.2. The number of para-hydroxylation sites is 1. The van der Waals surface area contributed by atoms with E-state index in [0.717, 1.165) is 36.4 Å². The lowest BCUT2D eigenvalue weighted by Gasteiger charge is -2.07. The van der Waals surface area contributed by atoms with Crippen LogP contribution in [0.4, 0.5) is 0 Å². The van der Waals surface area contributed by atoms with Gasteiger partial charge in [-0.2, -0.15) is 4.68 Å². The third-order valence-electron chi connectivity index (χ3n) is 4.58. The van der Waals surface area contributed by atoms with E-state index >= 15 is 0 Å². The van der Waals surface area contributed by atoms with Gasteiger partial charge in [-0.05, 0) is 49.2 Å². The molecule has 9 heteroatoms. The van der Waals surface area contributed by atoms with Gasteiger partial charge in [0.15, 0.2) is 5.69 Å². The number of rotatable bonds is 9. The molecule has 0 bridgehead atoms. The lowest BCUT2D eigenvalue weighted by atomic mass is 10.2. The first kappa shape index (κ1) is 20.1. The molecule has 0 fully saturated rings. The molecule has 0 atom stereocenters. The Kier molecular flexibility index (Phi) is 6.45. The van der Waals surface area contributed by atoms with Crippen molar-refractivity contribution >= 4 is 17.5 Å². The Morgan fingerprint density at radius 3 is 2.61 bits per heavy atom. The molecule has 0 unspecified atom stereocenters. The third kappa shape index (κ3) is 4.24. The summed E-state index contributed by atoms with van der Waals surface area (Å²) in [7, 11) is 1.85. The van der Waals surface area contributed by atoms with E-state index in [2.05, 4.69) is 15.5 Å². The number of benzene rings is 1. The summed E-state index contributed by atoms with van der Waals surface area (Å²) in [6, 6.07) is 9.49. The van der Waals surface area contributed by atoms with Crippen molar-refractivity contribution in [2.45, 2.75) is 44.7 Å². The van der Waals surface area contributed by atoms with E-state index in [-0.39, 0.29) is 11.3 Å². The third-order valence-corrected chi connectivity index (χ3v) is 5.59. The summed E-state index contributed by atoms with van der Waals surface area (Å²) in [5.74, 6) is 1.06. The second-order valence-electron chi connectivity index (χ2n) is 6.64. The van der Waals surface area contributed by atoms with Crippen molar-refractivity contribution in [1.29, 1.82) is 0 Å². The van der Waals surface area contributed by atoms with Crippen LogP contribution in [0, 0.1) is 6.92 Å². The highest BCUT2D eigenvalue weighted by Gasteiger charge is 2.21. The summed E-state index contributed by atoms with van der Waals surface area (Å²) >= 11 is 1.52. The Morgan fingerprint density at radius 2 is 1.89 bits per heavy atom. The smallest absolute Gasteiger partial charge is 0.297 e. The molecule has 0 aliphatic carbocycles. The lowest BCUT2D eigenvalue weighted by molar-refractivity contribution is -0.117. The molecule has 0 aliphatic rings. The van der Waals surface area contributed by atoms with Crippen LogP contribution in [0.2, 0.25) is 0 Å². The predicted octanol–water partition coefficient (Wildman–Crippen LogP) is 2.70. The molecule has 3 rings (SSSR count). The highest BCUT2D eigenvalue weighted by Crippen LogP contribution is 2.21. The van der Waals surface area contributed by atoms with Crippen LogP contribution in [-0.4, -0.2) is 41.1 Å². The zero-order valence-corrected chi connectivity index (χ0v) is 17.1. The van der Waals surface area contributed by atoms with Gasteiger partial charge < -0.3 is 4.79 Å². The van der Waals surface area contributed by atoms with Gasteiger partial charge in [0.05, 0.1) is 11.4 Å². The van der Waals surface area contributed by atoms with Crippen LogP contribution >= 0.6 is 11.8 Å². The zero-order valence-electron chi connectivity index (χ0n) is 16.3. The predicted molar refractivity (Wildman–Crippen MR) is 108 cm³/mol. The van der Waals surface area contributed by atoms with Crippen molar-refractivity contribution in [2.24, 2.45) is 7.05 Å². The Balaban J connectivity index is 1.79. The maximum Gasteiger partial charge on any atom is 0.297 e. The van der Waals surface area contributed by atoms with E-state index in [0.29, 0.717) is 17.3 Å². The molecular formula is C19H24N6O2S. The molecule has 3 aromatic rings. The average Bonchev–Trinajstić information content (AvgIpc) is 3.21. The van der Waals surface area contributed by atoms with Crippen LogP contribution < -0.4 is 5.56 Å². The highest BCUT2D eigenvalue weighted by atomic mass is 32.2. The molecule has 0 N–H and O–H groups in total. The first-order chi connectivity index (χ1) is 13.5. The van der Waals surface area contributed by atoms with Gasteiger partial charge in [-0.3, -0.25) is 9.48 Å². The summed E-state index contributed by atoms with van der Waals surface area (Å²) in [6.07, 6.45) is 3.48.